The number of furan rings is 1. The van der Waals surface area contributed by atoms with Gasteiger partial charge in [0.1, 0.15) is 11.2 Å². The molecule has 0 aliphatic rings. The zero-order chi connectivity index (χ0) is 33.5. The van der Waals surface area contributed by atoms with Gasteiger partial charge in [-0.2, -0.15) is 0 Å². The van der Waals surface area contributed by atoms with Crippen LogP contribution in [-0.2, 0) is 0 Å². The molecule has 0 saturated carbocycles. The normalized spacial score (nSPS) is 11.9. The van der Waals surface area contributed by atoms with Gasteiger partial charge in [0.25, 0.3) is 0 Å². The van der Waals surface area contributed by atoms with Crippen molar-refractivity contribution in [3.63, 3.8) is 0 Å². The number of fused-ring (bicyclic) bond motifs is 9. The Morgan fingerprint density at radius 1 is 0.392 bits per heavy atom. The Hall–Kier alpha value is -6.49. The molecule has 0 aliphatic carbocycles. The summed E-state index contributed by atoms with van der Waals surface area (Å²) in [4.78, 5) is 5.17. The van der Waals surface area contributed by atoms with Crippen molar-refractivity contribution in [2.75, 3.05) is 0 Å². The van der Waals surface area contributed by atoms with Crippen molar-refractivity contribution in [2.45, 2.75) is 0 Å². The van der Waals surface area contributed by atoms with Gasteiger partial charge in [0.15, 0.2) is 0 Å². The van der Waals surface area contributed by atoms with Crippen molar-refractivity contribution in [3.05, 3.63) is 170 Å². The highest BCUT2D eigenvalue weighted by Crippen LogP contribution is 2.40. The Balaban J connectivity index is 1.00. The van der Waals surface area contributed by atoms with Crippen LogP contribution in [0.4, 0.5) is 0 Å². The van der Waals surface area contributed by atoms with Crippen LogP contribution in [0.15, 0.2) is 174 Å². The molecule has 238 valence electrons. The van der Waals surface area contributed by atoms with E-state index in [2.05, 4.69) is 162 Å². The van der Waals surface area contributed by atoms with E-state index in [0.29, 0.717) is 0 Å². The minimum atomic E-state index is 0.893. The first-order valence-electron chi connectivity index (χ1n) is 17.2. The van der Waals surface area contributed by atoms with Gasteiger partial charge in [0.2, 0.25) is 0 Å². The molecule has 0 amide bonds. The lowest BCUT2D eigenvalue weighted by atomic mass is 10.00. The van der Waals surface area contributed by atoms with Gasteiger partial charge in [-0.25, -0.2) is 4.98 Å². The molecule has 0 N–H and O–H groups in total. The van der Waals surface area contributed by atoms with E-state index >= 15 is 0 Å². The highest BCUT2D eigenvalue weighted by atomic mass is 32.1. The summed E-state index contributed by atoms with van der Waals surface area (Å²) in [5.41, 5.74) is 11.9. The van der Waals surface area contributed by atoms with E-state index in [9.17, 15) is 0 Å². The van der Waals surface area contributed by atoms with Gasteiger partial charge >= 0.3 is 0 Å². The highest BCUT2D eigenvalue weighted by molar-refractivity contribution is 7.25. The molecule has 3 nitrogen and oxygen atoms in total. The van der Waals surface area contributed by atoms with Gasteiger partial charge < -0.3 is 8.98 Å². The van der Waals surface area contributed by atoms with Crippen LogP contribution < -0.4 is 0 Å². The summed E-state index contributed by atoms with van der Waals surface area (Å²) < 4.78 is 11.0. The van der Waals surface area contributed by atoms with Crippen LogP contribution in [0.2, 0.25) is 0 Å². The second-order valence-corrected chi connectivity index (χ2v) is 14.2. The molecule has 11 aromatic rings. The maximum Gasteiger partial charge on any atom is 0.135 e. The molecule has 11 rings (SSSR count). The largest absolute Gasteiger partial charge is 0.456 e. The summed E-state index contributed by atoms with van der Waals surface area (Å²) in [5, 5.41) is 7.29. The van der Waals surface area contributed by atoms with Crippen LogP contribution in [-0.4, -0.2) is 9.55 Å². The third-order valence-electron chi connectivity index (χ3n) is 10.2. The van der Waals surface area contributed by atoms with Gasteiger partial charge in [-0.15, -0.1) is 11.3 Å². The number of aromatic nitrogens is 2. The quantitative estimate of drug-likeness (QED) is 0.187. The predicted molar refractivity (Wildman–Crippen MR) is 215 cm³/mol. The number of nitrogens with zero attached hydrogens (tertiary/aromatic N) is 2. The first kappa shape index (κ1) is 28.4. The number of rotatable bonds is 4. The minimum absolute atomic E-state index is 0.893. The second kappa shape index (κ2) is 11.0. The highest BCUT2D eigenvalue weighted by Gasteiger charge is 2.15. The fourth-order valence-corrected chi connectivity index (χ4v) is 8.83. The molecule has 0 unspecified atom stereocenters. The molecule has 4 heteroatoms. The van der Waals surface area contributed by atoms with Crippen molar-refractivity contribution in [2.24, 2.45) is 0 Å². The van der Waals surface area contributed by atoms with E-state index in [1.54, 1.807) is 0 Å². The van der Waals surface area contributed by atoms with Crippen LogP contribution in [0.5, 0.6) is 0 Å². The number of benzene rings is 7. The monoisotopic (exact) mass is 668 g/mol. The summed E-state index contributed by atoms with van der Waals surface area (Å²) in [6.45, 7) is 0. The van der Waals surface area contributed by atoms with Crippen molar-refractivity contribution in [1.29, 1.82) is 0 Å². The summed E-state index contributed by atoms with van der Waals surface area (Å²) in [6.07, 6.45) is 0. The molecule has 4 aromatic heterocycles. The third-order valence-corrected chi connectivity index (χ3v) is 11.4. The maximum absolute atomic E-state index is 6.07. The Morgan fingerprint density at radius 3 is 1.76 bits per heavy atom. The first-order valence-corrected chi connectivity index (χ1v) is 18.0. The van der Waals surface area contributed by atoms with Gasteiger partial charge in [0.05, 0.1) is 22.4 Å². The lowest BCUT2D eigenvalue weighted by Gasteiger charge is -2.08. The van der Waals surface area contributed by atoms with E-state index in [4.69, 9.17) is 9.40 Å². The SMILES string of the molecule is c1ccc(-n2c3ccccc3c3cc(-c4ccc5sc6ccc(-c7cccc(-c8ccc9oc%10ccccc%10c9c8)n7)cc6c5c4)ccc32)cc1. The first-order chi connectivity index (χ1) is 25.2. The summed E-state index contributed by atoms with van der Waals surface area (Å²) >= 11 is 1.85. The fourth-order valence-electron chi connectivity index (χ4n) is 7.77. The number of para-hydroxylation sites is 3. The topological polar surface area (TPSA) is 31.0 Å². The smallest absolute Gasteiger partial charge is 0.135 e. The van der Waals surface area contributed by atoms with E-state index < -0.39 is 0 Å². The van der Waals surface area contributed by atoms with Crippen LogP contribution in [0.25, 0.3) is 103 Å². The fraction of sp³-hybridized carbons (Fsp3) is 0. The van der Waals surface area contributed by atoms with Crippen molar-refractivity contribution in [1.82, 2.24) is 9.55 Å². The maximum atomic E-state index is 6.07. The molecule has 7 aromatic carbocycles. The zero-order valence-corrected chi connectivity index (χ0v) is 28.2. The molecule has 0 saturated heterocycles. The summed E-state index contributed by atoms with van der Waals surface area (Å²) in [6, 6.07) is 60.8. The summed E-state index contributed by atoms with van der Waals surface area (Å²) in [7, 11) is 0. The van der Waals surface area contributed by atoms with Crippen LogP contribution in [0.1, 0.15) is 0 Å². The van der Waals surface area contributed by atoms with Gasteiger partial charge in [-0.05, 0) is 102 Å². The Kier molecular flexibility index (Phi) is 6.12. The molecule has 0 aliphatic heterocycles. The van der Waals surface area contributed by atoms with Crippen LogP contribution >= 0.6 is 11.3 Å². The molecule has 4 heterocycles. The summed E-state index contributed by atoms with van der Waals surface area (Å²) in [5.74, 6) is 0. The van der Waals surface area contributed by atoms with Crippen LogP contribution in [0.3, 0.4) is 0 Å². The average Bonchev–Trinajstić information content (AvgIpc) is 3.86. The van der Waals surface area contributed by atoms with Gasteiger partial charge in [-0.1, -0.05) is 78.9 Å². The standard InChI is InChI=1S/C47H28N2OS/c1-2-9-33(10-3-1)49-42-15-6-4-11-34(42)36-25-29(17-21-43(36)49)30-19-23-46-38(26-30)39-28-32(20-24-47(39)51-46)41-14-8-13-40(48-41)31-18-22-45-37(27-31)35-12-5-7-16-44(35)50-45/h1-28H. The van der Waals surface area contributed by atoms with Crippen molar-refractivity contribution < 1.29 is 4.42 Å². The average molecular weight is 669 g/mol. The van der Waals surface area contributed by atoms with E-state index in [-0.39, 0.29) is 0 Å². The number of hydrogen-bond acceptors (Lipinski definition) is 3. The molecule has 0 bridgehead atoms. The third kappa shape index (κ3) is 4.47. The Bertz CT molecular complexity index is 3150. The predicted octanol–water partition coefficient (Wildman–Crippen LogP) is 13.4. The second-order valence-electron chi connectivity index (χ2n) is 13.2. The molecular formula is C47H28N2OS. The minimum Gasteiger partial charge on any atom is -0.456 e. The Morgan fingerprint density at radius 2 is 0.961 bits per heavy atom. The molecule has 51 heavy (non-hydrogen) atoms. The van der Waals surface area contributed by atoms with Crippen molar-refractivity contribution in [3.8, 4) is 39.3 Å². The van der Waals surface area contributed by atoms with E-state index in [1.165, 1.54) is 58.8 Å². The molecule has 0 radical (unpaired) electrons. The number of hydrogen-bond donors (Lipinski definition) is 0. The lowest BCUT2D eigenvalue weighted by molar-refractivity contribution is 0.669. The molecule has 0 fully saturated rings. The lowest BCUT2D eigenvalue weighted by Crippen LogP contribution is -1.92. The zero-order valence-electron chi connectivity index (χ0n) is 27.4. The van der Waals surface area contributed by atoms with E-state index in [0.717, 1.165) is 44.5 Å². The van der Waals surface area contributed by atoms with E-state index in [1.807, 2.05) is 23.5 Å². The Labute approximate surface area is 297 Å². The molecule has 0 atom stereocenters. The van der Waals surface area contributed by atoms with Gasteiger partial charge in [0, 0.05) is 58.5 Å². The number of thiophene rings is 1. The van der Waals surface area contributed by atoms with Crippen LogP contribution in [0, 0.1) is 0 Å². The van der Waals surface area contributed by atoms with Crippen molar-refractivity contribution >= 4 is 75.3 Å². The number of pyridine rings is 1. The molecular weight excluding hydrogens is 641 g/mol. The molecule has 0 spiro atoms. The van der Waals surface area contributed by atoms with Gasteiger partial charge in [-0.3, -0.25) is 0 Å².